The molecule has 6 nitrogen and oxygen atoms in total. The molecule has 136 valence electrons. The van der Waals surface area contributed by atoms with Crippen molar-refractivity contribution in [2.75, 3.05) is 5.32 Å². The van der Waals surface area contributed by atoms with Gasteiger partial charge in [0.25, 0.3) is 5.91 Å². The van der Waals surface area contributed by atoms with E-state index in [0.29, 0.717) is 26.3 Å². The fourth-order valence-electron chi connectivity index (χ4n) is 2.06. The number of aromatic nitrogens is 2. The Balaban J connectivity index is 1.72. The molecule has 0 aliphatic carbocycles. The van der Waals surface area contributed by atoms with Gasteiger partial charge in [-0.15, -0.1) is 10.2 Å². The van der Waals surface area contributed by atoms with Crippen LogP contribution in [0.5, 0.6) is 0 Å². The molecule has 1 aromatic heterocycles. The van der Waals surface area contributed by atoms with Gasteiger partial charge >= 0.3 is 5.97 Å². The summed E-state index contributed by atoms with van der Waals surface area (Å²) in [6.45, 7) is 0. The molecule has 9 heteroatoms. The number of hydrogen-bond acceptors (Lipinski definition) is 5. The number of rotatable bonds is 5. The third-order valence-electron chi connectivity index (χ3n) is 3.38. The first-order valence-corrected chi connectivity index (χ1v) is 9.11. The highest BCUT2D eigenvalue weighted by Crippen LogP contribution is 2.26. The summed E-state index contributed by atoms with van der Waals surface area (Å²) in [6, 6.07) is 12.9. The summed E-state index contributed by atoms with van der Waals surface area (Å²) in [5.41, 5.74) is 1.47. The molecule has 2 N–H and O–H groups in total. The van der Waals surface area contributed by atoms with Crippen LogP contribution in [0.15, 0.2) is 48.5 Å². The monoisotopic (exact) mass is 419 g/mol. The Morgan fingerprint density at radius 2 is 1.63 bits per heavy atom. The lowest BCUT2D eigenvalue weighted by atomic mass is 10.1. The third-order valence-corrected chi connectivity index (χ3v) is 4.98. The van der Waals surface area contributed by atoms with Crippen LogP contribution in [0, 0.1) is 0 Å². The van der Waals surface area contributed by atoms with E-state index in [1.807, 2.05) is 0 Å². The van der Waals surface area contributed by atoms with Crippen LogP contribution in [0.2, 0.25) is 5.02 Å². The smallest absolute Gasteiger partial charge is 0.335 e. The first kappa shape index (κ1) is 19.0. The largest absolute Gasteiger partial charge is 0.478 e. The van der Waals surface area contributed by atoms with Crippen LogP contribution in [0.3, 0.4) is 0 Å². The average Bonchev–Trinajstić information content (AvgIpc) is 3.14. The van der Waals surface area contributed by atoms with E-state index in [2.05, 4.69) is 15.5 Å². The SMILES string of the molecule is O=C(O)c1ccc(C=C(Cl)c2nnc(C(=O)Nc3ccc(Cl)cc3)s2)cc1. The molecule has 0 bridgehead atoms. The summed E-state index contributed by atoms with van der Waals surface area (Å²) in [7, 11) is 0. The van der Waals surface area contributed by atoms with Gasteiger partial charge in [0.15, 0.2) is 5.01 Å². The van der Waals surface area contributed by atoms with Crippen molar-refractivity contribution in [3.63, 3.8) is 0 Å². The van der Waals surface area contributed by atoms with Crippen molar-refractivity contribution < 1.29 is 14.7 Å². The molecular formula is C18H11Cl2N3O3S. The second-order valence-electron chi connectivity index (χ2n) is 5.29. The summed E-state index contributed by atoms with van der Waals surface area (Å²) in [4.78, 5) is 23.1. The Labute approximate surface area is 168 Å². The Kier molecular flexibility index (Phi) is 5.85. The first-order chi connectivity index (χ1) is 12.9. The van der Waals surface area contributed by atoms with Crippen molar-refractivity contribution in [1.82, 2.24) is 10.2 Å². The number of anilines is 1. The van der Waals surface area contributed by atoms with Crippen LogP contribution in [-0.4, -0.2) is 27.2 Å². The van der Waals surface area contributed by atoms with Crippen molar-refractivity contribution in [1.29, 1.82) is 0 Å². The molecule has 27 heavy (non-hydrogen) atoms. The van der Waals surface area contributed by atoms with Crippen LogP contribution in [0.25, 0.3) is 11.1 Å². The molecule has 1 heterocycles. The summed E-state index contributed by atoms with van der Waals surface area (Å²) >= 11 is 13.1. The molecule has 3 rings (SSSR count). The van der Waals surface area contributed by atoms with Crippen molar-refractivity contribution in [3.05, 3.63) is 74.7 Å². The molecule has 0 unspecified atom stereocenters. The normalized spacial score (nSPS) is 11.3. The molecule has 2 aromatic carbocycles. The van der Waals surface area contributed by atoms with Gasteiger partial charge in [-0.05, 0) is 48.0 Å². The van der Waals surface area contributed by atoms with E-state index in [1.54, 1.807) is 42.5 Å². The van der Waals surface area contributed by atoms with Crippen molar-refractivity contribution in [2.45, 2.75) is 0 Å². The molecule has 0 saturated heterocycles. The lowest BCUT2D eigenvalue weighted by Crippen LogP contribution is -2.11. The zero-order valence-corrected chi connectivity index (χ0v) is 15.8. The molecule has 1 amide bonds. The molecule has 0 aliphatic heterocycles. The van der Waals surface area contributed by atoms with Crippen LogP contribution in [-0.2, 0) is 0 Å². The number of nitrogens with one attached hydrogen (secondary N) is 1. The number of carboxylic acid groups (broad SMARTS) is 1. The van der Waals surface area contributed by atoms with Gasteiger partial charge in [-0.25, -0.2) is 4.79 Å². The molecule has 0 radical (unpaired) electrons. The molecule has 0 atom stereocenters. The number of hydrogen-bond donors (Lipinski definition) is 2. The summed E-state index contributed by atoms with van der Waals surface area (Å²) in [5, 5.41) is 20.8. The molecule has 0 fully saturated rings. The van der Waals surface area contributed by atoms with E-state index < -0.39 is 11.9 Å². The summed E-state index contributed by atoms with van der Waals surface area (Å²) in [5.74, 6) is -1.41. The van der Waals surface area contributed by atoms with Crippen LogP contribution in [0.4, 0.5) is 5.69 Å². The quantitative estimate of drug-likeness (QED) is 0.614. The van der Waals surface area contributed by atoms with Gasteiger partial charge < -0.3 is 10.4 Å². The number of carbonyl (C=O) groups excluding carboxylic acids is 1. The second kappa shape index (κ2) is 8.30. The van der Waals surface area contributed by atoms with Crippen molar-refractivity contribution in [3.8, 4) is 0 Å². The zero-order chi connectivity index (χ0) is 19.4. The Bertz CT molecular complexity index is 1020. The predicted octanol–water partition coefficient (Wildman–Crippen LogP) is 4.88. The van der Waals surface area contributed by atoms with Gasteiger partial charge in [0.1, 0.15) is 0 Å². The number of benzene rings is 2. The number of carboxylic acids is 1. The second-order valence-corrected chi connectivity index (χ2v) is 7.11. The highest BCUT2D eigenvalue weighted by Gasteiger charge is 2.15. The van der Waals surface area contributed by atoms with Gasteiger partial charge in [-0.3, -0.25) is 4.79 Å². The maximum atomic E-state index is 12.2. The molecule has 3 aromatic rings. The fraction of sp³-hybridized carbons (Fsp3) is 0. The lowest BCUT2D eigenvalue weighted by Gasteiger charge is -2.01. The van der Waals surface area contributed by atoms with E-state index in [1.165, 1.54) is 12.1 Å². The van der Waals surface area contributed by atoms with Crippen molar-refractivity contribution in [2.24, 2.45) is 0 Å². The number of carbonyl (C=O) groups is 2. The number of halogens is 2. The minimum absolute atomic E-state index is 0.160. The minimum Gasteiger partial charge on any atom is -0.478 e. The van der Waals surface area contributed by atoms with Gasteiger partial charge in [0.2, 0.25) is 5.01 Å². The van der Waals surface area contributed by atoms with Gasteiger partial charge in [-0.2, -0.15) is 0 Å². The molecule has 0 saturated carbocycles. The maximum absolute atomic E-state index is 12.2. The van der Waals surface area contributed by atoms with E-state index >= 15 is 0 Å². The molecular weight excluding hydrogens is 409 g/mol. The Hall–Kier alpha value is -2.74. The fourth-order valence-corrected chi connectivity index (χ4v) is 3.11. The summed E-state index contributed by atoms with van der Waals surface area (Å²) in [6.07, 6.45) is 1.62. The lowest BCUT2D eigenvalue weighted by molar-refractivity contribution is 0.0696. The standard InChI is InChI=1S/C18H11Cl2N3O3S/c19-12-5-7-13(8-6-12)21-15(24)17-23-22-16(27-17)14(20)9-10-1-3-11(4-2-10)18(25)26/h1-9H,(H,21,24)(H,25,26). The maximum Gasteiger partial charge on any atom is 0.335 e. The van der Waals surface area contributed by atoms with Crippen molar-refractivity contribution >= 4 is 63.2 Å². The van der Waals surface area contributed by atoms with Gasteiger partial charge in [0.05, 0.1) is 10.6 Å². The minimum atomic E-state index is -1.00. The van der Waals surface area contributed by atoms with Crippen LogP contribution in [0.1, 0.15) is 30.7 Å². The zero-order valence-electron chi connectivity index (χ0n) is 13.5. The van der Waals surface area contributed by atoms with E-state index in [0.717, 1.165) is 11.3 Å². The highest BCUT2D eigenvalue weighted by molar-refractivity contribution is 7.15. The van der Waals surface area contributed by atoms with E-state index in [4.69, 9.17) is 28.3 Å². The predicted molar refractivity (Wildman–Crippen MR) is 106 cm³/mol. The Morgan fingerprint density at radius 3 is 2.26 bits per heavy atom. The molecule has 0 aliphatic rings. The van der Waals surface area contributed by atoms with Crippen LogP contribution >= 0.6 is 34.5 Å². The number of amides is 1. The topological polar surface area (TPSA) is 92.2 Å². The number of nitrogens with zero attached hydrogens (tertiary/aromatic N) is 2. The van der Waals surface area contributed by atoms with Crippen LogP contribution < -0.4 is 5.32 Å². The van der Waals surface area contributed by atoms with E-state index in [-0.39, 0.29) is 10.6 Å². The highest BCUT2D eigenvalue weighted by atomic mass is 35.5. The summed E-state index contributed by atoms with van der Waals surface area (Å²) < 4.78 is 0. The third kappa shape index (κ3) is 4.91. The van der Waals surface area contributed by atoms with Gasteiger partial charge in [0, 0.05) is 10.7 Å². The van der Waals surface area contributed by atoms with E-state index in [9.17, 15) is 9.59 Å². The molecule has 0 spiro atoms. The first-order valence-electron chi connectivity index (χ1n) is 7.54. The van der Waals surface area contributed by atoms with Gasteiger partial charge in [-0.1, -0.05) is 46.7 Å². The average molecular weight is 420 g/mol. The number of aromatic carboxylic acids is 1. The Morgan fingerprint density at radius 1 is 1.00 bits per heavy atom.